The summed E-state index contributed by atoms with van der Waals surface area (Å²) in [5.74, 6) is 0.173. The van der Waals surface area contributed by atoms with Crippen LogP contribution in [0, 0.1) is 17.8 Å². The van der Waals surface area contributed by atoms with E-state index in [0.29, 0.717) is 12.0 Å². The molecule has 1 N–H and O–H groups in total. The molecule has 3 aliphatic rings. The summed E-state index contributed by atoms with van der Waals surface area (Å²) < 4.78 is 5.54. The lowest BCUT2D eigenvalue weighted by Crippen LogP contribution is -2.39. The lowest BCUT2D eigenvalue weighted by Gasteiger charge is -2.34. The Morgan fingerprint density at radius 2 is 2.28 bits per heavy atom. The summed E-state index contributed by atoms with van der Waals surface area (Å²) in [7, 11) is 0. The number of esters is 1. The van der Waals surface area contributed by atoms with Crippen LogP contribution in [0.3, 0.4) is 0 Å². The van der Waals surface area contributed by atoms with E-state index in [-0.39, 0.29) is 29.8 Å². The summed E-state index contributed by atoms with van der Waals surface area (Å²) in [6.07, 6.45) is 4.47. The fourth-order valence-corrected chi connectivity index (χ4v) is 3.97. The summed E-state index contributed by atoms with van der Waals surface area (Å²) >= 11 is 0. The Bertz CT molecular complexity index is 447. The highest BCUT2D eigenvalue weighted by atomic mass is 16.6. The number of aliphatic hydroxyl groups is 1. The van der Waals surface area contributed by atoms with Gasteiger partial charge in [-0.1, -0.05) is 18.2 Å². The van der Waals surface area contributed by atoms with Crippen LogP contribution in [0.25, 0.3) is 0 Å². The van der Waals surface area contributed by atoms with Crippen molar-refractivity contribution >= 4 is 5.97 Å². The Kier molecular flexibility index (Phi) is 2.46. The second kappa shape index (κ2) is 3.70. The largest absolute Gasteiger partial charge is 0.458 e. The zero-order chi connectivity index (χ0) is 13.1. The molecule has 1 saturated heterocycles. The molecule has 0 aromatic carbocycles. The van der Waals surface area contributed by atoms with Gasteiger partial charge in [0.2, 0.25) is 0 Å². The highest BCUT2D eigenvalue weighted by Crippen LogP contribution is 2.51. The van der Waals surface area contributed by atoms with E-state index in [1.54, 1.807) is 0 Å². The molecule has 3 rings (SSSR count). The molecule has 0 aromatic rings. The van der Waals surface area contributed by atoms with E-state index in [1.807, 2.05) is 6.92 Å². The zero-order valence-corrected chi connectivity index (χ0v) is 11.0. The lowest BCUT2D eigenvalue weighted by atomic mass is 9.76. The number of carbonyl (C=O) groups excluding carboxylic acids is 1. The van der Waals surface area contributed by atoms with E-state index >= 15 is 0 Å². The van der Waals surface area contributed by atoms with Crippen LogP contribution in [-0.4, -0.2) is 22.8 Å². The third-order valence-electron chi connectivity index (χ3n) is 5.12. The van der Waals surface area contributed by atoms with E-state index in [2.05, 4.69) is 19.6 Å². The molecular weight excluding hydrogens is 228 g/mol. The molecule has 2 aliphatic carbocycles. The third-order valence-corrected chi connectivity index (χ3v) is 5.12. The number of fused-ring (bicyclic) bond motifs is 3. The molecule has 5 unspecified atom stereocenters. The Morgan fingerprint density at radius 3 is 3.00 bits per heavy atom. The van der Waals surface area contributed by atoms with Gasteiger partial charge < -0.3 is 9.84 Å². The number of ether oxygens (including phenoxy) is 1. The van der Waals surface area contributed by atoms with Crippen LogP contribution in [0.1, 0.15) is 33.1 Å². The zero-order valence-electron chi connectivity index (χ0n) is 11.0. The SMILES string of the molecule is C=C1C(=O)OC2C1CCC(C)(O)C1CC=C(C)C21. The minimum Gasteiger partial charge on any atom is -0.458 e. The molecule has 3 heteroatoms. The lowest BCUT2D eigenvalue weighted by molar-refractivity contribution is -0.142. The maximum atomic E-state index is 11.7. The van der Waals surface area contributed by atoms with Crippen molar-refractivity contribution in [2.45, 2.75) is 44.8 Å². The molecule has 18 heavy (non-hydrogen) atoms. The first-order valence-corrected chi connectivity index (χ1v) is 6.70. The van der Waals surface area contributed by atoms with Crippen LogP contribution in [-0.2, 0) is 9.53 Å². The fourth-order valence-electron chi connectivity index (χ4n) is 3.97. The minimum atomic E-state index is -0.671. The molecule has 0 spiro atoms. The van der Waals surface area contributed by atoms with Gasteiger partial charge in [0, 0.05) is 23.3 Å². The smallest absolute Gasteiger partial charge is 0.334 e. The first-order chi connectivity index (χ1) is 8.42. The van der Waals surface area contributed by atoms with E-state index in [9.17, 15) is 9.90 Å². The summed E-state index contributed by atoms with van der Waals surface area (Å²) in [5, 5.41) is 10.6. The van der Waals surface area contributed by atoms with Gasteiger partial charge in [0.25, 0.3) is 0 Å². The predicted molar refractivity (Wildman–Crippen MR) is 67.7 cm³/mol. The summed E-state index contributed by atoms with van der Waals surface area (Å²) in [6, 6.07) is 0. The summed E-state index contributed by atoms with van der Waals surface area (Å²) in [6.45, 7) is 7.87. The van der Waals surface area contributed by atoms with Gasteiger partial charge in [-0.05, 0) is 33.1 Å². The van der Waals surface area contributed by atoms with Crippen molar-refractivity contribution in [2.24, 2.45) is 17.8 Å². The van der Waals surface area contributed by atoms with Crippen molar-refractivity contribution in [3.05, 3.63) is 23.8 Å². The van der Waals surface area contributed by atoms with Crippen molar-refractivity contribution in [2.75, 3.05) is 0 Å². The van der Waals surface area contributed by atoms with Gasteiger partial charge in [0.15, 0.2) is 0 Å². The molecule has 1 saturated carbocycles. The van der Waals surface area contributed by atoms with Crippen LogP contribution in [0.15, 0.2) is 23.8 Å². The quantitative estimate of drug-likeness (QED) is 0.406. The van der Waals surface area contributed by atoms with Crippen LogP contribution < -0.4 is 0 Å². The normalized spacial score (nSPS) is 47.2. The van der Waals surface area contributed by atoms with Gasteiger partial charge in [-0.25, -0.2) is 4.79 Å². The van der Waals surface area contributed by atoms with Crippen molar-refractivity contribution in [1.29, 1.82) is 0 Å². The van der Waals surface area contributed by atoms with Crippen molar-refractivity contribution in [3.63, 3.8) is 0 Å². The van der Waals surface area contributed by atoms with Crippen LogP contribution in [0.4, 0.5) is 0 Å². The highest BCUT2D eigenvalue weighted by molar-refractivity contribution is 5.90. The fraction of sp³-hybridized carbons (Fsp3) is 0.667. The number of carbonyl (C=O) groups is 1. The van der Waals surface area contributed by atoms with Gasteiger partial charge in [-0.2, -0.15) is 0 Å². The minimum absolute atomic E-state index is 0.0837. The highest BCUT2D eigenvalue weighted by Gasteiger charge is 2.54. The van der Waals surface area contributed by atoms with E-state index in [0.717, 1.165) is 12.8 Å². The molecule has 2 fully saturated rings. The Labute approximate surface area is 108 Å². The summed E-state index contributed by atoms with van der Waals surface area (Å²) in [4.78, 5) is 11.7. The maximum Gasteiger partial charge on any atom is 0.334 e. The molecule has 0 radical (unpaired) electrons. The van der Waals surface area contributed by atoms with E-state index in [1.165, 1.54) is 5.57 Å². The average Bonchev–Trinajstić information content (AvgIpc) is 2.76. The topological polar surface area (TPSA) is 46.5 Å². The van der Waals surface area contributed by atoms with Crippen LogP contribution >= 0.6 is 0 Å². The molecule has 1 heterocycles. The van der Waals surface area contributed by atoms with E-state index in [4.69, 9.17) is 4.74 Å². The molecule has 0 aromatic heterocycles. The number of rotatable bonds is 0. The van der Waals surface area contributed by atoms with Crippen LogP contribution in [0.5, 0.6) is 0 Å². The predicted octanol–water partition coefficient (Wildman–Crippen LogP) is 2.21. The summed E-state index contributed by atoms with van der Waals surface area (Å²) in [5.41, 5.74) is 1.17. The Hall–Kier alpha value is -1.09. The van der Waals surface area contributed by atoms with Crippen molar-refractivity contribution in [3.8, 4) is 0 Å². The number of hydrogen-bond donors (Lipinski definition) is 1. The van der Waals surface area contributed by atoms with Gasteiger partial charge in [0.05, 0.1) is 5.60 Å². The van der Waals surface area contributed by atoms with Crippen LogP contribution in [0.2, 0.25) is 0 Å². The van der Waals surface area contributed by atoms with Gasteiger partial charge in [-0.15, -0.1) is 0 Å². The molecule has 5 atom stereocenters. The molecule has 3 nitrogen and oxygen atoms in total. The van der Waals surface area contributed by atoms with Gasteiger partial charge in [0.1, 0.15) is 6.10 Å². The molecule has 0 bridgehead atoms. The first-order valence-electron chi connectivity index (χ1n) is 6.70. The third kappa shape index (κ3) is 1.50. The average molecular weight is 248 g/mol. The van der Waals surface area contributed by atoms with Crippen molar-refractivity contribution in [1.82, 2.24) is 0 Å². The molecule has 98 valence electrons. The maximum absolute atomic E-state index is 11.7. The second-order valence-corrected chi connectivity index (χ2v) is 6.21. The van der Waals surface area contributed by atoms with E-state index < -0.39 is 5.60 Å². The molecular formula is C15H20O3. The molecule has 1 aliphatic heterocycles. The van der Waals surface area contributed by atoms with Gasteiger partial charge >= 0.3 is 5.97 Å². The Morgan fingerprint density at radius 1 is 1.56 bits per heavy atom. The number of allylic oxidation sites excluding steroid dienone is 1. The van der Waals surface area contributed by atoms with Gasteiger partial charge in [-0.3, -0.25) is 0 Å². The first kappa shape index (κ1) is 12.0. The number of hydrogen-bond acceptors (Lipinski definition) is 3. The monoisotopic (exact) mass is 248 g/mol. The second-order valence-electron chi connectivity index (χ2n) is 6.21. The van der Waals surface area contributed by atoms with Crippen molar-refractivity contribution < 1.29 is 14.6 Å². The Balaban J connectivity index is 2.01. The standard InChI is InChI=1S/C15H20O3/c1-8-4-5-11-12(8)13-10(6-7-15(11,3)17)9(2)14(16)18-13/h4,10-13,17H,2,5-7H2,1,3H3. The molecule has 0 amide bonds.